The van der Waals surface area contributed by atoms with Crippen molar-refractivity contribution in [1.29, 1.82) is 0 Å². The van der Waals surface area contributed by atoms with Crippen molar-refractivity contribution < 1.29 is 14.3 Å². The molecular formula is C22H24N2O3. The molecule has 2 N–H and O–H groups in total. The van der Waals surface area contributed by atoms with Crippen LogP contribution in [0.1, 0.15) is 18.5 Å². The molecule has 0 saturated heterocycles. The predicted octanol–water partition coefficient (Wildman–Crippen LogP) is 4.15. The first-order chi connectivity index (χ1) is 13.1. The Kier molecular flexibility index (Phi) is 5.94. The topological polar surface area (TPSA) is 59.6 Å². The van der Waals surface area contributed by atoms with Crippen LogP contribution in [0.2, 0.25) is 0 Å². The molecule has 0 saturated carbocycles. The zero-order valence-electron chi connectivity index (χ0n) is 15.8. The number of hydrogen-bond acceptors (Lipinski definition) is 4. The monoisotopic (exact) mass is 364 g/mol. The van der Waals surface area contributed by atoms with Gasteiger partial charge in [-0.25, -0.2) is 0 Å². The second kappa shape index (κ2) is 8.56. The van der Waals surface area contributed by atoms with Crippen molar-refractivity contribution in [3.05, 3.63) is 66.2 Å². The first-order valence-electron chi connectivity index (χ1n) is 8.85. The Morgan fingerprint density at radius 3 is 2.56 bits per heavy atom. The van der Waals surface area contributed by atoms with Gasteiger partial charge < -0.3 is 20.1 Å². The maximum Gasteiger partial charge on any atom is 0.238 e. The Morgan fingerprint density at radius 2 is 1.78 bits per heavy atom. The SMILES string of the molecule is COc1ccc(NC(=O)CNC(C)c2cccc3ccccc23)c(OC)c1. The lowest BCUT2D eigenvalue weighted by molar-refractivity contribution is -0.115. The van der Waals surface area contributed by atoms with Gasteiger partial charge >= 0.3 is 0 Å². The lowest BCUT2D eigenvalue weighted by Crippen LogP contribution is -2.30. The van der Waals surface area contributed by atoms with Crippen LogP contribution < -0.4 is 20.1 Å². The van der Waals surface area contributed by atoms with Crippen LogP contribution in [0.25, 0.3) is 10.8 Å². The third kappa shape index (κ3) is 4.38. The van der Waals surface area contributed by atoms with E-state index in [0.717, 1.165) is 0 Å². The zero-order chi connectivity index (χ0) is 19.2. The first kappa shape index (κ1) is 18.7. The number of rotatable bonds is 7. The Bertz CT molecular complexity index is 934. The van der Waals surface area contributed by atoms with Crippen LogP contribution in [-0.4, -0.2) is 26.7 Å². The van der Waals surface area contributed by atoms with E-state index in [-0.39, 0.29) is 18.5 Å². The quantitative estimate of drug-likeness (QED) is 0.661. The molecule has 1 amide bonds. The third-order valence-corrected chi connectivity index (χ3v) is 4.54. The Balaban J connectivity index is 1.65. The fourth-order valence-electron chi connectivity index (χ4n) is 3.08. The number of carbonyl (C=O) groups excluding carboxylic acids is 1. The summed E-state index contributed by atoms with van der Waals surface area (Å²) < 4.78 is 10.5. The normalized spacial score (nSPS) is 11.8. The maximum atomic E-state index is 12.4. The van der Waals surface area contributed by atoms with Crippen LogP contribution in [0.5, 0.6) is 11.5 Å². The van der Waals surface area contributed by atoms with Crippen molar-refractivity contribution in [3.8, 4) is 11.5 Å². The van der Waals surface area contributed by atoms with Crippen molar-refractivity contribution in [2.45, 2.75) is 13.0 Å². The van der Waals surface area contributed by atoms with Crippen LogP contribution in [0, 0.1) is 0 Å². The minimum absolute atomic E-state index is 0.0413. The molecule has 0 aliphatic rings. The highest BCUT2D eigenvalue weighted by Crippen LogP contribution is 2.29. The van der Waals surface area contributed by atoms with Gasteiger partial charge in [-0.1, -0.05) is 42.5 Å². The van der Waals surface area contributed by atoms with Crippen molar-refractivity contribution in [3.63, 3.8) is 0 Å². The van der Waals surface area contributed by atoms with E-state index in [1.807, 2.05) is 18.2 Å². The number of amides is 1. The van der Waals surface area contributed by atoms with Gasteiger partial charge in [-0.05, 0) is 35.4 Å². The Morgan fingerprint density at radius 1 is 1.00 bits per heavy atom. The number of anilines is 1. The highest BCUT2D eigenvalue weighted by atomic mass is 16.5. The number of benzene rings is 3. The largest absolute Gasteiger partial charge is 0.497 e. The molecule has 5 nitrogen and oxygen atoms in total. The standard InChI is InChI=1S/C22H24N2O3/c1-15(18-10-6-8-16-7-4-5-9-19(16)18)23-14-22(25)24-20-12-11-17(26-2)13-21(20)27-3/h4-13,15,23H,14H2,1-3H3,(H,24,25). The van der Waals surface area contributed by atoms with Crippen LogP contribution in [-0.2, 0) is 4.79 Å². The van der Waals surface area contributed by atoms with Crippen molar-refractivity contribution in [2.24, 2.45) is 0 Å². The molecule has 140 valence electrons. The van der Waals surface area contributed by atoms with E-state index < -0.39 is 0 Å². The summed E-state index contributed by atoms with van der Waals surface area (Å²) in [6, 6.07) is 19.8. The number of carbonyl (C=O) groups is 1. The Labute approximate surface area is 159 Å². The molecule has 3 rings (SSSR count). The van der Waals surface area contributed by atoms with E-state index in [9.17, 15) is 4.79 Å². The summed E-state index contributed by atoms with van der Waals surface area (Å²) in [7, 11) is 3.15. The molecule has 3 aromatic rings. The van der Waals surface area contributed by atoms with Gasteiger partial charge in [0.2, 0.25) is 5.91 Å². The summed E-state index contributed by atoms with van der Waals surface area (Å²) in [5.74, 6) is 1.10. The summed E-state index contributed by atoms with van der Waals surface area (Å²) in [5, 5.41) is 8.55. The van der Waals surface area contributed by atoms with Gasteiger partial charge in [0.1, 0.15) is 11.5 Å². The number of hydrogen-bond donors (Lipinski definition) is 2. The number of fused-ring (bicyclic) bond motifs is 1. The highest BCUT2D eigenvalue weighted by Gasteiger charge is 2.12. The molecular weight excluding hydrogens is 340 g/mol. The van der Waals surface area contributed by atoms with Crippen LogP contribution >= 0.6 is 0 Å². The fraction of sp³-hybridized carbons (Fsp3) is 0.227. The molecule has 0 aliphatic heterocycles. The minimum Gasteiger partial charge on any atom is -0.497 e. The molecule has 3 aromatic carbocycles. The molecule has 0 aromatic heterocycles. The summed E-state index contributed by atoms with van der Waals surface area (Å²) in [6.07, 6.45) is 0. The van der Waals surface area contributed by atoms with E-state index in [1.54, 1.807) is 32.4 Å². The highest BCUT2D eigenvalue weighted by molar-refractivity contribution is 5.94. The van der Waals surface area contributed by atoms with Gasteiger partial charge in [0.05, 0.1) is 26.5 Å². The van der Waals surface area contributed by atoms with Crippen molar-refractivity contribution in [2.75, 3.05) is 26.1 Å². The smallest absolute Gasteiger partial charge is 0.238 e. The van der Waals surface area contributed by atoms with Crippen molar-refractivity contribution >= 4 is 22.4 Å². The molecule has 0 aliphatic carbocycles. The van der Waals surface area contributed by atoms with Gasteiger partial charge in [-0.15, -0.1) is 0 Å². The van der Waals surface area contributed by atoms with Crippen molar-refractivity contribution in [1.82, 2.24) is 5.32 Å². The second-order valence-electron chi connectivity index (χ2n) is 6.29. The second-order valence-corrected chi connectivity index (χ2v) is 6.29. The summed E-state index contributed by atoms with van der Waals surface area (Å²) >= 11 is 0. The van der Waals surface area contributed by atoms with Gasteiger partial charge in [0.15, 0.2) is 0 Å². The maximum absolute atomic E-state index is 12.4. The van der Waals surface area contributed by atoms with Gasteiger partial charge in [0, 0.05) is 12.1 Å². The van der Waals surface area contributed by atoms with E-state index >= 15 is 0 Å². The number of methoxy groups -OCH3 is 2. The number of nitrogens with one attached hydrogen (secondary N) is 2. The molecule has 0 spiro atoms. The molecule has 5 heteroatoms. The molecule has 0 fully saturated rings. The lowest BCUT2D eigenvalue weighted by atomic mass is 10.00. The summed E-state index contributed by atoms with van der Waals surface area (Å²) in [4.78, 5) is 12.4. The summed E-state index contributed by atoms with van der Waals surface area (Å²) in [6.45, 7) is 2.25. The number of ether oxygens (including phenoxy) is 2. The molecule has 0 bridgehead atoms. The minimum atomic E-state index is -0.134. The lowest BCUT2D eigenvalue weighted by Gasteiger charge is -2.17. The van der Waals surface area contributed by atoms with Gasteiger partial charge in [0.25, 0.3) is 0 Å². The van der Waals surface area contributed by atoms with Crippen LogP contribution in [0.15, 0.2) is 60.7 Å². The molecule has 1 unspecified atom stereocenters. The molecule has 0 radical (unpaired) electrons. The summed E-state index contributed by atoms with van der Waals surface area (Å²) in [5.41, 5.74) is 1.78. The molecule has 27 heavy (non-hydrogen) atoms. The average molecular weight is 364 g/mol. The predicted molar refractivity (Wildman–Crippen MR) is 109 cm³/mol. The Hall–Kier alpha value is -3.05. The van der Waals surface area contributed by atoms with E-state index in [4.69, 9.17) is 9.47 Å². The van der Waals surface area contributed by atoms with Crippen LogP contribution in [0.4, 0.5) is 5.69 Å². The first-order valence-corrected chi connectivity index (χ1v) is 8.85. The van der Waals surface area contributed by atoms with Gasteiger partial charge in [-0.2, -0.15) is 0 Å². The fourth-order valence-corrected chi connectivity index (χ4v) is 3.08. The molecule has 1 atom stereocenters. The average Bonchev–Trinajstić information content (AvgIpc) is 2.71. The van der Waals surface area contributed by atoms with E-state index in [2.05, 4.69) is 41.8 Å². The molecule has 0 heterocycles. The third-order valence-electron chi connectivity index (χ3n) is 4.54. The van der Waals surface area contributed by atoms with E-state index in [1.165, 1.54) is 16.3 Å². The zero-order valence-corrected chi connectivity index (χ0v) is 15.8. The van der Waals surface area contributed by atoms with E-state index in [0.29, 0.717) is 17.2 Å². The van der Waals surface area contributed by atoms with Gasteiger partial charge in [-0.3, -0.25) is 4.79 Å². The van der Waals surface area contributed by atoms with Crippen LogP contribution in [0.3, 0.4) is 0 Å².